The van der Waals surface area contributed by atoms with Crippen LogP contribution in [0.3, 0.4) is 0 Å². The first-order valence-electron chi connectivity index (χ1n) is 6.32. The molecular weight excluding hydrogens is 327 g/mol. The Morgan fingerprint density at radius 2 is 1.94 bits per heavy atom. The molecule has 0 amide bonds. The van der Waals surface area contributed by atoms with Crippen LogP contribution in [0.2, 0.25) is 0 Å². The van der Waals surface area contributed by atoms with E-state index in [0.717, 1.165) is 28.6 Å². The van der Waals surface area contributed by atoms with Gasteiger partial charge in [-0.25, -0.2) is 0 Å². The zero-order chi connectivity index (χ0) is 11.9. The lowest BCUT2D eigenvalue weighted by Gasteiger charge is -2.51. The molecule has 1 aromatic rings. The normalized spacial score (nSPS) is 30.2. The Bertz CT molecular complexity index is 412. The van der Waals surface area contributed by atoms with E-state index in [1.807, 2.05) is 18.2 Å². The number of para-hydroxylation sites is 1. The van der Waals surface area contributed by atoms with E-state index >= 15 is 0 Å². The molecule has 2 unspecified atom stereocenters. The predicted octanol–water partition coefficient (Wildman–Crippen LogP) is 3.36. The van der Waals surface area contributed by atoms with Gasteiger partial charge in [0.25, 0.3) is 0 Å². The van der Waals surface area contributed by atoms with Gasteiger partial charge in [0.15, 0.2) is 0 Å². The van der Waals surface area contributed by atoms with Gasteiger partial charge >= 0.3 is 0 Å². The summed E-state index contributed by atoms with van der Waals surface area (Å²) >= 11 is 2.30. The minimum absolute atomic E-state index is 0.0684. The molecule has 2 aliphatic rings. The van der Waals surface area contributed by atoms with E-state index in [1.165, 1.54) is 12.8 Å². The summed E-state index contributed by atoms with van der Waals surface area (Å²) < 4.78 is 7.27. The van der Waals surface area contributed by atoms with Crippen LogP contribution in [0.4, 0.5) is 0 Å². The van der Waals surface area contributed by atoms with Crippen LogP contribution in [-0.2, 0) is 0 Å². The minimum Gasteiger partial charge on any atom is -0.489 e. The summed E-state index contributed by atoms with van der Waals surface area (Å²) in [6.07, 6.45) is 5.61. The molecule has 2 saturated carbocycles. The summed E-state index contributed by atoms with van der Waals surface area (Å²) in [5, 5.41) is 10.0. The number of aliphatic hydroxyl groups is 1. The van der Waals surface area contributed by atoms with E-state index < -0.39 is 0 Å². The molecule has 0 aliphatic heterocycles. The third-order valence-corrected chi connectivity index (χ3v) is 5.27. The van der Waals surface area contributed by atoms with Gasteiger partial charge < -0.3 is 9.84 Å². The fourth-order valence-corrected chi connectivity index (χ4v) is 3.79. The van der Waals surface area contributed by atoms with Gasteiger partial charge in [0, 0.05) is 11.8 Å². The largest absolute Gasteiger partial charge is 0.489 e. The lowest BCUT2D eigenvalue weighted by atomic mass is 9.62. The van der Waals surface area contributed by atoms with Crippen LogP contribution < -0.4 is 4.74 Å². The van der Waals surface area contributed by atoms with Crippen LogP contribution in [-0.4, -0.2) is 17.3 Å². The van der Waals surface area contributed by atoms with Gasteiger partial charge in [-0.2, -0.15) is 0 Å². The highest BCUT2D eigenvalue weighted by Gasteiger charge is 2.57. The van der Waals surface area contributed by atoms with Crippen LogP contribution >= 0.6 is 22.6 Å². The molecule has 1 spiro atoms. The zero-order valence-electron chi connectivity index (χ0n) is 9.73. The zero-order valence-corrected chi connectivity index (χ0v) is 11.9. The predicted molar refractivity (Wildman–Crippen MR) is 75.1 cm³/mol. The summed E-state index contributed by atoms with van der Waals surface area (Å²) in [4.78, 5) is 0. The Labute approximate surface area is 116 Å². The van der Waals surface area contributed by atoms with Crippen molar-refractivity contribution in [3.8, 4) is 5.75 Å². The summed E-state index contributed by atoms with van der Waals surface area (Å²) in [7, 11) is 0. The highest BCUT2D eigenvalue weighted by molar-refractivity contribution is 14.1. The molecule has 0 bridgehead atoms. The average molecular weight is 344 g/mol. The quantitative estimate of drug-likeness (QED) is 0.834. The maximum atomic E-state index is 10.0. The van der Waals surface area contributed by atoms with E-state index in [9.17, 15) is 5.11 Å². The fraction of sp³-hybridized carbons (Fsp3) is 0.571. The van der Waals surface area contributed by atoms with Crippen molar-refractivity contribution in [2.45, 2.75) is 44.3 Å². The van der Waals surface area contributed by atoms with Gasteiger partial charge in [-0.3, -0.25) is 0 Å². The molecule has 92 valence electrons. The first-order chi connectivity index (χ1) is 8.22. The van der Waals surface area contributed by atoms with Crippen molar-refractivity contribution in [3.63, 3.8) is 0 Å². The van der Waals surface area contributed by atoms with Gasteiger partial charge in [-0.1, -0.05) is 25.0 Å². The van der Waals surface area contributed by atoms with E-state index in [1.54, 1.807) is 0 Å². The van der Waals surface area contributed by atoms with Crippen LogP contribution in [0.15, 0.2) is 24.3 Å². The van der Waals surface area contributed by atoms with Gasteiger partial charge in [0.2, 0.25) is 0 Å². The van der Waals surface area contributed by atoms with Crippen LogP contribution in [0.1, 0.15) is 32.1 Å². The Balaban J connectivity index is 1.77. The van der Waals surface area contributed by atoms with Crippen molar-refractivity contribution in [1.82, 2.24) is 0 Å². The van der Waals surface area contributed by atoms with Crippen LogP contribution in [0.5, 0.6) is 5.75 Å². The first kappa shape index (κ1) is 11.8. The topological polar surface area (TPSA) is 29.5 Å². The summed E-state index contributed by atoms with van der Waals surface area (Å²) in [6.45, 7) is 0. The SMILES string of the molecule is OC1CC(Oc2ccccc2I)C12CCCC2. The van der Waals surface area contributed by atoms with Crippen molar-refractivity contribution in [2.75, 3.05) is 0 Å². The number of hydrogen-bond acceptors (Lipinski definition) is 2. The van der Waals surface area contributed by atoms with Crippen molar-refractivity contribution < 1.29 is 9.84 Å². The second kappa shape index (κ2) is 4.43. The Hall–Kier alpha value is -0.290. The Kier molecular flexibility index (Phi) is 3.07. The van der Waals surface area contributed by atoms with E-state index in [2.05, 4.69) is 28.7 Å². The molecule has 0 saturated heterocycles. The highest BCUT2D eigenvalue weighted by Crippen LogP contribution is 2.54. The number of aliphatic hydroxyl groups excluding tert-OH is 1. The molecule has 3 rings (SSSR count). The van der Waals surface area contributed by atoms with Gasteiger partial charge in [0.05, 0.1) is 9.67 Å². The second-order valence-electron chi connectivity index (χ2n) is 5.23. The molecule has 0 radical (unpaired) electrons. The summed E-state index contributed by atoms with van der Waals surface area (Å²) in [6, 6.07) is 8.12. The minimum atomic E-state index is -0.142. The third kappa shape index (κ3) is 1.87. The maximum absolute atomic E-state index is 10.0. The van der Waals surface area contributed by atoms with Crippen LogP contribution in [0, 0.1) is 8.99 Å². The maximum Gasteiger partial charge on any atom is 0.133 e. The molecule has 17 heavy (non-hydrogen) atoms. The summed E-state index contributed by atoms with van der Waals surface area (Å²) in [5.74, 6) is 0.969. The average Bonchev–Trinajstić information content (AvgIpc) is 2.83. The number of hydrogen-bond donors (Lipinski definition) is 1. The Morgan fingerprint density at radius 3 is 2.59 bits per heavy atom. The second-order valence-corrected chi connectivity index (χ2v) is 6.39. The van der Waals surface area contributed by atoms with Crippen molar-refractivity contribution in [3.05, 3.63) is 27.8 Å². The summed E-state index contributed by atoms with van der Waals surface area (Å²) in [5.41, 5.74) is 0.0684. The van der Waals surface area contributed by atoms with E-state index in [-0.39, 0.29) is 17.6 Å². The number of halogens is 1. The molecule has 2 aliphatic carbocycles. The van der Waals surface area contributed by atoms with E-state index in [4.69, 9.17) is 4.74 Å². The van der Waals surface area contributed by atoms with Gasteiger partial charge in [-0.15, -0.1) is 0 Å². The molecule has 2 nitrogen and oxygen atoms in total. The third-order valence-electron chi connectivity index (χ3n) is 4.38. The molecular formula is C14H17IO2. The van der Waals surface area contributed by atoms with Crippen molar-refractivity contribution in [1.29, 1.82) is 0 Å². The van der Waals surface area contributed by atoms with Crippen LogP contribution in [0.25, 0.3) is 0 Å². The lowest BCUT2D eigenvalue weighted by Crippen LogP contribution is -2.58. The molecule has 1 N–H and O–H groups in total. The number of rotatable bonds is 2. The smallest absolute Gasteiger partial charge is 0.133 e. The monoisotopic (exact) mass is 344 g/mol. The van der Waals surface area contributed by atoms with Crippen molar-refractivity contribution >= 4 is 22.6 Å². The highest BCUT2D eigenvalue weighted by atomic mass is 127. The van der Waals surface area contributed by atoms with Gasteiger partial charge in [0.1, 0.15) is 11.9 Å². The first-order valence-corrected chi connectivity index (χ1v) is 7.39. The molecule has 3 heteroatoms. The van der Waals surface area contributed by atoms with Gasteiger partial charge in [-0.05, 0) is 47.6 Å². The van der Waals surface area contributed by atoms with E-state index in [0.29, 0.717) is 0 Å². The fourth-order valence-electron chi connectivity index (χ4n) is 3.27. The lowest BCUT2D eigenvalue weighted by molar-refractivity contribution is -0.152. The molecule has 2 fully saturated rings. The number of benzene rings is 1. The van der Waals surface area contributed by atoms with Crippen molar-refractivity contribution in [2.24, 2.45) is 5.41 Å². The molecule has 2 atom stereocenters. The molecule has 0 aromatic heterocycles. The Morgan fingerprint density at radius 1 is 1.24 bits per heavy atom. The number of ether oxygens (including phenoxy) is 1. The molecule has 0 heterocycles. The standard InChI is InChI=1S/C14H17IO2/c15-10-5-1-2-6-11(10)17-13-9-12(16)14(13)7-3-4-8-14/h1-2,5-6,12-13,16H,3-4,7-9H2. The molecule has 1 aromatic carbocycles.